The number of ether oxygens (including phenoxy) is 1. The Morgan fingerprint density at radius 1 is 1.07 bits per heavy atom. The fourth-order valence-electron chi connectivity index (χ4n) is 5.51. The monoisotopic (exact) mass is 406 g/mol. The van der Waals surface area contributed by atoms with Crippen LogP contribution in [0.1, 0.15) is 69.8 Å². The van der Waals surface area contributed by atoms with Crippen molar-refractivity contribution in [2.75, 3.05) is 0 Å². The summed E-state index contributed by atoms with van der Waals surface area (Å²) in [5, 5.41) is 3.36. The molecule has 3 N–H and O–H groups in total. The molecule has 0 aromatic heterocycles. The fraction of sp³-hybridized carbons (Fsp3) is 0.696. The number of carbonyl (C=O) groups excluding carboxylic acids is 1. The molecule has 0 heterocycles. The summed E-state index contributed by atoms with van der Waals surface area (Å²) >= 11 is 0. The summed E-state index contributed by atoms with van der Waals surface area (Å²) in [5.74, 6) is 2.31. The number of benzene rings is 1. The van der Waals surface area contributed by atoms with Gasteiger partial charge in [0.05, 0.1) is 6.10 Å². The van der Waals surface area contributed by atoms with Gasteiger partial charge in [-0.2, -0.15) is 0 Å². The van der Waals surface area contributed by atoms with E-state index in [1.807, 2.05) is 12.1 Å². The van der Waals surface area contributed by atoms with Crippen molar-refractivity contribution in [3.05, 3.63) is 29.8 Å². The van der Waals surface area contributed by atoms with Gasteiger partial charge in [-0.05, 0) is 87.3 Å². The van der Waals surface area contributed by atoms with Gasteiger partial charge in [-0.25, -0.2) is 0 Å². The quantitative estimate of drug-likeness (QED) is 0.736. The van der Waals surface area contributed by atoms with Gasteiger partial charge in [0.2, 0.25) is 5.91 Å². The number of hydrogen-bond acceptors (Lipinski definition) is 3. The summed E-state index contributed by atoms with van der Waals surface area (Å²) in [6.07, 6.45) is 12.5. The Labute approximate surface area is 175 Å². The Morgan fingerprint density at radius 3 is 2.50 bits per heavy atom. The molecule has 2 bridgehead atoms. The van der Waals surface area contributed by atoms with Gasteiger partial charge in [-0.15, -0.1) is 12.4 Å². The zero-order valence-corrected chi connectivity index (χ0v) is 17.6. The van der Waals surface area contributed by atoms with Crippen molar-refractivity contribution >= 4 is 18.3 Å². The molecule has 4 nitrogen and oxygen atoms in total. The molecule has 4 rings (SSSR count). The van der Waals surface area contributed by atoms with Crippen LogP contribution in [0, 0.1) is 11.8 Å². The first-order chi connectivity index (χ1) is 13.2. The molecule has 0 spiro atoms. The average molecular weight is 407 g/mol. The molecule has 2 atom stereocenters. The zero-order chi connectivity index (χ0) is 18.6. The Morgan fingerprint density at radius 2 is 1.79 bits per heavy atom. The minimum absolute atomic E-state index is 0. The molecule has 0 aliphatic heterocycles. The van der Waals surface area contributed by atoms with Gasteiger partial charge in [-0.3, -0.25) is 4.79 Å². The zero-order valence-electron chi connectivity index (χ0n) is 16.8. The Hall–Kier alpha value is -1.26. The molecule has 3 aliphatic rings. The van der Waals surface area contributed by atoms with Crippen LogP contribution in [0.4, 0.5) is 0 Å². The first kappa shape index (κ1) is 21.4. The van der Waals surface area contributed by atoms with Crippen LogP contribution in [-0.2, 0) is 11.2 Å². The lowest BCUT2D eigenvalue weighted by Crippen LogP contribution is -2.53. The molecule has 0 saturated heterocycles. The Balaban J connectivity index is 0.00000225. The summed E-state index contributed by atoms with van der Waals surface area (Å²) in [4.78, 5) is 12.6. The van der Waals surface area contributed by atoms with Crippen LogP contribution < -0.4 is 15.8 Å². The highest BCUT2D eigenvalue weighted by Gasteiger charge is 2.39. The molecule has 0 radical (unpaired) electrons. The van der Waals surface area contributed by atoms with Crippen LogP contribution in [0.25, 0.3) is 0 Å². The summed E-state index contributed by atoms with van der Waals surface area (Å²) in [6.45, 7) is 0. The maximum Gasteiger partial charge on any atom is 0.220 e. The summed E-state index contributed by atoms with van der Waals surface area (Å²) in [5.41, 5.74) is 7.39. The van der Waals surface area contributed by atoms with Crippen molar-refractivity contribution < 1.29 is 9.53 Å². The van der Waals surface area contributed by atoms with E-state index in [0.717, 1.165) is 25.0 Å². The van der Waals surface area contributed by atoms with Crippen molar-refractivity contribution in [1.29, 1.82) is 0 Å². The van der Waals surface area contributed by atoms with Crippen LogP contribution in [0.5, 0.6) is 5.75 Å². The first-order valence-electron chi connectivity index (χ1n) is 11.0. The van der Waals surface area contributed by atoms with Crippen LogP contribution >= 0.6 is 12.4 Å². The second-order valence-corrected chi connectivity index (χ2v) is 8.95. The third-order valence-electron chi connectivity index (χ3n) is 6.85. The second-order valence-electron chi connectivity index (χ2n) is 8.95. The van der Waals surface area contributed by atoms with Gasteiger partial charge in [-0.1, -0.05) is 18.6 Å². The summed E-state index contributed by atoms with van der Waals surface area (Å²) in [7, 11) is 0. The molecular weight excluding hydrogens is 372 g/mol. The van der Waals surface area contributed by atoms with E-state index in [9.17, 15) is 4.79 Å². The first-order valence-corrected chi connectivity index (χ1v) is 11.0. The van der Waals surface area contributed by atoms with E-state index in [0.29, 0.717) is 36.4 Å². The number of fused-ring (bicyclic) bond motifs is 2. The van der Waals surface area contributed by atoms with Gasteiger partial charge >= 0.3 is 0 Å². The van der Waals surface area contributed by atoms with Crippen LogP contribution in [-0.4, -0.2) is 24.1 Å². The second kappa shape index (κ2) is 9.98. The van der Waals surface area contributed by atoms with E-state index in [2.05, 4.69) is 17.4 Å². The van der Waals surface area contributed by atoms with E-state index >= 15 is 0 Å². The highest BCUT2D eigenvalue weighted by atomic mass is 35.5. The normalized spacial score (nSPS) is 29.8. The topological polar surface area (TPSA) is 64.3 Å². The van der Waals surface area contributed by atoms with Crippen molar-refractivity contribution in [3.8, 4) is 5.75 Å². The molecule has 3 saturated carbocycles. The van der Waals surface area contributed by atoms with Gasteiger partial charge in [0.25, 0.3) is 0 Å². The number of nitrogens with one attached hydrogen (secondary N) is 1. The number of halogens is 1. The SMILES string of the molecule is Cl.NC1CC2CCCC(C1)C2NC(=O)CCc1cccc(OC2CCCC2)c1. The lowest BCUT2D eigenvalue weighted by molar-refractivity contribution is -0.123. The number of nitrogens with two attached hydrogens (primary N) is 1. The standard InChI is InChI=1S/C23H34N2O2.ClH/c24-19-14-17-6-4-7-18(15-19)23(17)25-22(26)12-11-16-5-3-10-21(13-16)27-20-8-1-2-9-20;/h3,5,10,13,17-20,23H,1-2,4,6-9,11-12,14-15,24H2,(H,25,26);1H. The van der Waals surface area contributed by atoms with Crippen molar-refractivity contribution in [1.82, 2.24) is 5.32 Å². The highest BCUT2D eigenvalue weighted by Crippen LogP contribution is 2.39. The van der Waals surface area contributed by atoms with Gasteiger partial charge in [0, 0.05) is 18.5 Å². The van der Waals surface area contributed by atoms with Crippen LogP contribution in [0.3, 0.4) is 0 Å². The summed E-state index contributed by atoms with van der Waals surface area (Å²) < 4.78 is 6.09. The van der Waals surface area contributed by atoms with Gasteiger partial charge < -0.3 is 15.8 Å². The van der Waals surface area contributed by atoms with Crippen molar-refractivity contribution in [2.45, 2.75) is 88.8 Å². The predicted molar refractivity (Wildman–Crippen MR) is 115 cm³/mol. The lowest BCUT2D eigenvalue weighted by atomic mass is 9.67. The third-order valence-corrected chi connectivity index (χ3v) is 6.85. The largest absolute Gasteiger partial charge is 0.490 e. The molecule has 3 fully saturated rings. The lowest BCUT2D eigenvalue weighted by Gasteiger charge is -2.45. The minimum atomic E-state index is 0. The maximum atomic E-state index is 12.6. The number of carbonyl (C=O) groups is 1. The van der Waals surface area contributed by atoms with E-state index in [-0.39, 0.29) is 18.3 Å². The molecular formula is C23H35ClN2O2. The molecule has 1 aromatic carbocycles. The Kier molecular flexibility index (Phi) is 7.64. The van der Waals surface area contributed by atoms with Crippen LogP contribution in [0.15, 0.2) is 24.3 Å². The van der Waals surface area contributed by atoms with Crippen LogP contribution in [0.2, 0.25) is 0 Å². The average Bonchev–Trinajstić information content (AvgIpc) is 3.14. The van der Waals surface area contributed by atoms with E-state index in [4.69, 9.17) is 10.5 Å². The molecule has 5 heteroatoms. The van der Waals surface area contributed by atoms with Crippen molar-refractivity contribution in [2.24, 2.45) is 17.6 Å². The third kappa shape index (κ3) is 5.42. The number of hydrogen-bond donors (Lipinski definition) is 2. The molecule has 1 amide bonds. The number of aryl methyl sites for hydroxylation is 1. The van der Waals surface area contributed by atoms with Gasteiger partial charge in [0.15, 0.2) is 0 Å². The molecule has 28 heavy (non-hydrogen) atoms. The van der Waals surface area contributed by atoms with E-state index in [1.165, 1.54) is 50.5 Å². The van der Waals surface area contributed by atoms with Crippen molar-refractivity contribution in [3.63, 3.8) is 0 Å². The predicted octanol–water partition coefficient (Wildman–Crippen LogP) is 4.38. The maximum absolute atomic E-state index is 12.6. The van der Waals surface area contributed by atoms with E-state index in [1.54, 1.807) is 0 Å². The molecule has 156 valence electrons. The van der Waals surface area contributed by atoms with E-state index < -0.39 is 0 Å². The molecule has 2 unspecified atom stereocenters. The summed E-state index contributed by atoms with van der Waals surface area (Å²) in [6, 6.07) is 8.97. The smallest absolute Gasteiger partial charge is 0.220 e. The minimum Gasteiger partial charge on any atom is -0.490 e. The molecule has 3 aliphatic carbocycles. The number of amides is 1. The highest BCUT2D eigenvalue weighted by molar-refractivity contribution is 5.85. The Bertz CT molecular complexity index is 633. The van der Waals surface area contributed by atoms with Gasteiger partial charge in [0.1, 0.15) is 5.75 Å². The number of rotatable bonds is 6. The fourth-order valence-corrected chi connectivity index (χ4v) is 5.51. The molecule has 1 aromatic rings.